The van der Waals surface area contributed by atoms with Gasteiger partial charge in [-0.25, -0.2) is 0 Å². The van der Waals surface area contributed by atoms with Gasteiger partial charge in [-0.15, -0.1) is 0 Å². The van der Waals surface area contributed by atoms with Crippen LogP contribution in [0.5, 0.6) is 0 Å². The van der Waals surface area contributed by atoms with Crippen molar-refractivity contribution in [3.8, 4) is 22.6 Å². The number of nitrogens with zero attached hydrogens (tertiary/aromatic N) is 5. The number of rotatable bonds is 10. The Balaban J connectivity index is 1.72. The fourth-order valence-corrected chi connectivity index (χ4v) is 3.25. The van der Waals surface area contributed by atoms with Crippen LogP contribution in [0.15, 0.2) is 55.0 Å². The van der Waals surface area contributed by atoms with Gasteiger partial charge in [-0.1, -0.05) is 26.0 Å². The molecule has 0 spiro atoms. The molecular formula is C22H28N6O. The van der Waals surface area contributed by atoms with Gasteiger partial charge in [0, 0.05) is 24.5 Å². The van der Waals surface area contributed by atoms with Gasteiger partial charge in [0.05, 0.1) is 23.3 Å². The van der Waals surface area contributed by atoms with Crippen LogP contribution in [0, 0.1) is 0 Å². The van der Waals surface area contributed by atoms with Gasteiger partial charge in [-0.3, -0.25) is 19.4 Å². The first-order chi connectivity index (χ1) is 14.2. The molecule has 0 radical (unpaired) electrons. The van der Waals surface area contributed by atoms with Crippen LogP contribution in [0.25, 0.3) is 22.6 Å². The maximum Gasteiger partial charge on any atom is 0.241 e. The van der Waals surface area contributed by atoms with E-state index in [0.29, 0.717) is 6.54 Å². The van der Waals surface area contributed by atoms with E-state index in [1.807, 2.05) is 36.4 Å². The number of aromatic nitrogens is 4. The third kappa shape index (κ3) is 5.48. The first-order valence-corrected chi connectivity index (χ1v) is 10.1. The number of carbonyl (C=O) groups excluding carboxylic acids is 1. The maximum absolute atomic E-state index is 12.5. The van der Waals surface area contributed by atoms with Crippen molar-refractivity contribution in [3.63, 3.8) is 0 Å². The second-order valence-electron chi connectivity index (χ2n) is 6.72. The standard InChI is InChI=1S/C22H28N6O/c1-3-27(4-2)15-9-14-25-21(29)17-28-22(20-11-6-8-13-24-20)18(16-26-28)19-10-5-7-12-23-19/h5-8,10-13,16H,3-4,9,14-15,17H2,1-2H3,(H,25,29). The average Bonchev–Trinajstić information content (AvgIpc) is 3.18. The van der Waals surface area contributed by atoms with Crippen LogP contribution >= 0.6 is 0 Å². The van der Waals surface area contributed by atoms with Gasteiger partial charge in [-0.05, 0) is 50.3 Å². The molecule has 7 nitrogen and oxygen atoms in total. The molecule has 3 aromatic heterocycles. The SMILES string of the molecule is CCN(CC)CCCNC(=O)Cn1ncc(-c2ccccn2)c1-c1ccccn1. The predicted molar refractivity (Wildman–Crippen MR) is 114 cm³/mol. The van der Waals surface area contributed by atoms with E-state index in [9.17, 15) is 4.79 Å². The van der Waals surface area contributed by atoms with E-state index in [-0.39, 0.29) is 12.5 Å². The molecule has 0 aliphatic heterocycles. The number of amides is 1. The lowest BCUT2D eigenvalue weighted by Crippen LogP contribution is -2.32. The third-order valence-corrected chi connectivity index (χ3v) is 4.85. The normalized spacial score (nSPS) is 11.0. The van der Waals surface area contributed by atoms with Gasteiger partial charge in [0.1, 0.15) is 6.54 Å². The van der Waals surface area contributed by atoms with E-state index in [0.717, 1.165) is 48.7 Å². The fourth-order valence-electron chi connectivity index (χ4n) is 3.25. The van der Waals surface area contributed by atoms with Crippen LogP contribution in [0.4, 0.5) is 0 Å². The second kappa shape index (κ2) is 10.5. The van der Waals surface area contributed by atoms with Crippen molar-refractivity contribution >= 4 is 5.91 Å². The Hall–Kier alpha value is -3.06. The van der Waals surface area contributed by atoms with Crippen LogP contribution in [-0.4, -0.2) is 56.7 Å². The highest BCUT2D eigenvalue weighted by Gasteiger charge is 2.18. The summed E-state index contributed by atoms with van der Waals surface area (Å²) in [4.78, 5) is 23.7. The molecule has 3 aromatic rings. The molecular weight excluding hydrogens is 364 g/mol. The molecule has 1 amide bonds. The predicted octanol–water partition coefficient (Wildman–Crippen LogP) is 2.86. The number of hydrogen-bond donors (Lipinski definition) is 1. The quantitative estimate of drug-likeness (QED) is 0.537. The van der Waals surface area contributed by atoms with Crippen molar-refractivity contribution in [3.05, 3.63) is 55.0 Å². The summed E-state index contributed by atoms with van der Waals surface area (Å²) in [7, 11) is 0. The Labute approximate surface area is 171 Å². The zero-order valence-corrected chi connectivity index (χ0v) is 17.1. The molecule has 0 aliphatic rings. The van der Waals surface area contributed by atoms with Crippen LogP contribution in [0.2, 0.25) is 0 Å². The zero-order valence-electron chi connectivity index (χ0n) is 17.1. The minimum Gasteiger partial charge on any atom is -0.354 e. The van der Waals surface area contributed by atoms with Crippen LogP contribution in [-0.2, 0) is 11.3 Å². The molecule has 0 aromatic carbocycles. The molecule has 0 bridgehead atoms. The molecule has 3 heterocycles. The van der Waals surface area contributed by atoms with E-state index in [1.165, 1.54) is 0 Å². The minimum atomic E-state index is -0.0580. The lowest BCUT2D eigenvalue weighted by atomic mass is 10.1. The van der Waals surface area contributed by atoms with E-state index in [1.54, 1.807) is 23.3 Å². The van der Waals surface area contributed by atoms with Gasteiger partial charge in [0.2, 0.25) is 5.91 Å². The average molecular weight is 393 g/mol. The van der Waals surface area contributed by atoms with Crippen molar-refractivity contribution in [2.24, 2.45) is 0 Å². The molecule has 0 aliphatic carbocycles. The number of carbonyl (C=O) groups is 1. The number of pyridine rings is 2. The highest BCUT2D eigenvalue weighted by atomic mass is 16.2. The number of hydrogen-bond acceptors (Lipinski definition) is 5. The first-order valence-electron chi connectivity index (χ1n) is 10.1. The van der Waals surface area contributed by atoms with Gasteiger partial charge in [0.15, 0.2) is 0 Å². The monoisotopic (exact) mass is 392 g/mol. The van der Waals surface area contributed by atoms with Crippen molar-refractivity contribution in [1.82, 2.24) is 30.0 Å². The number of nitrogens with one attached hydrogen (secondary N) is 1. The largest absolute Gasteiger partial charge is 0.354 e. The van der Waals surface area contributed by atoms with E-state index >= 15 is 0 Å². The highest BCUT2D eigenvalue weighted by Crippen LogP contribution is 2.29. The Kier molecular flexibility index (Phi) is 7.47. The van der Waals surface area contributed by atoms with Gasteiger partial charge in [-0.2, -0.15) is 5.10 Å². The lowest BCUT2D eigenvalue weighted by molar-refractivity contribution is -0.121. The summed E-state index contributed by atoms with van der Waals surface area (Å²) in [5.74, 6) is -0.0580. The summed E-state index contributed by atoms with van der Waals surface area (Å²) in [5, 5.41) is 7.46. The molecule has 0 saturated heterocycles. The van der Waals surface area contributed by atoms with Crippen LogP contribution in [0.3, 0.4) is 0 Å². The second-order valence-corrected chi connectivity index (χ2v) is 6.72. The van der Waals surface area contributed by atoms with Crippen LogP contribution in [0.1, 0.15) is 20.3 Å². The Morgan fingerprint density at radius 3 is 2.34 bits per heavy atom. The third-order valence-electron chi connectivity index (χ3n) is 4.85. The molecule has 1 N–H and O–H groups in total. The summed E-state index contributed by atoms with van der Waals surface area (Å²) in [6, 6.07) is 11.5. The first kappa shape index (κ1) is 20.7. The molecule has 0 atom stereocenters. The highest BCUT2D eigenvalue weighted by molar-refractivity contribution is 5.80. The summed E-state index contributed by atoms with van der Waals surface area (Å²) >= 11 is 0. The minimum absolute atomic E-state index is 0.0580. The van der Waals surface area contributed by atoms with Gasteiger partial charge in [0.25, 0.3) is 0 Å². The van der Waals surface area contributed by atoms with E-state index < -0.39 is 0 Å². The molecule has 29 heavy (non-hydrogen) atoms. The zero-order chi connectivity index (χ0) is 20.5. The smallest absolute Gasteiger partial charge is 0.241 e. The van der Waals surface area contributed by atoms with Crippen LogP contribution < -0.4 is 5.32 Å². The maximum atomic E-state index is 12.5. The lowest BCUT2D eigenvalue weighted by Gasteiger charge is -2.17. The van der Waals surface area contributed by atoms with Gasteiger partial charge < -0.3 is 10.2 Å². The fraction of sp³-hybridized carbons (Fsp3) is 0.364. The Morgan fingerprint density at radius 1 is 1.03 bits per heavy atom. The molecule has 0 unspecified atom stereocenters. The molecule has 0 fully saturated rings. The van der Waals surface area contributed by atoms with E-state index in [2.05, 4.69) is 39.1 Å². The molecule has 0 saturated carbocycles. The summed E-state index contributed by atoms with van der Waals surface area (Å²) in [6.07, 6.45) is 6.17. The van der Waals surface area contributed by atoms with Crippen molar-refractivity contribution in [2.45, 2.75) is 26.8 Å². The summed E-state index contributed by atoms with van der Waals surface area (Å²) in [5.41, 5.74) is 3.22. The summed E-state index contributed by atoms with van der Waals surface area (Å²) < 4.78 is 1.70. The Morgan fingerprint density at radius 2 is 1.72 bits per heavy atom. The van der Waals surface area contributed by atoms with E-state index in [4.69, 9.17) is 0 Å². The molecule has 7 heteroatoms. The van der Waals surface area contributed by atoms with Crippen molar-refractivity contribution < 1.29 is 4.79 Å². The topological polar surface area (TPSA) is 75.9 Å². The van der Waals surface area contributed by atoms with Gasteiger partial charge >= 0.3 is 0 Å². The molecule has 3 rings (SSSR count). The summed E-state index contributed by atoms with van der Waals surface area (Å²) in [6.45, 7) is 8.14. The van der Waals surface area contributed by atoms with Crippen molar-refractivity contribution in [2.75, 3.05) is 26.2 Å². The molecule has 152 valence electrons. The van der Waals surface area contributed by atoms with Crippen molar-refractivity contribution in [1.29, 1.82) is 0 Å². The Bertz CT molecular complexity index is 890.